The molecule has 25 nitrogen and oxygen atoms in total. The monoisotopic (exact) mass is 1720 g/mol. The summed E-state index contributed by atoms with van der Waals surface area (Å²) in [5.41, 5.74) is 24.6. The van der Waals surface area contributed by atoms with Crippen LogP contribution in [0.3, 0.4) is 0 Å². The lowest BCUT2D eigenvalue weighted by molar-refractivity contribution is -0.116. The number of hydrazone groups is 1. The normalized spacial score (nSPS) is 13.6. The van der Waals surface area contributed by atoms with Gasteiger partial charge in [-0.3, -0.25) is 24.6 Å². The Balaban J connectivity index is 0.000000144. The molecule has 2 aromatic heterocycles. The molecular weight excluding hydrogens is 1620 g/mol. The summed E-state index contributed by atoms with van der Waals surface area (Å²) >= 11 is 3.43. The Kier molecular flexibility index (Phi) is 26.2. The molecule has 123 heavy (non-hydrogen) atoms. The number of hydrazine groups is 1. The third-order valence-electron chi connectivity index (χ3n) is 21.6. The molecule has 7 N–H and O–H groups in total. The number of carbonyl (C=O) groups is 5. The Hall–Kier alpha value is -13.9. The Morgan fingerprint density at radius 2 is 0.837 bits per heavy atom. The van der Waals surface area contributed by atoms with E-state index in [4.69, 9.17) is 9.47 Å². The Bertz CT molecular complexity index is 6090. The number of halogens is 1. The molecule has 3 heterocycles. The quantitative estimate of drug-likeness (QED) is 0.0442. The van der Waals surface area contributed by atoms with Gasteiger partial charge in [0.15, 0.2) is 22.9 Å². The largest absolute Gasteiger partial charge is 0.505 e. The number of hydrogen-bond acceptors (Lipinski definition) is 16. The number of aromatic nitrogens is 4. The molecule has 3 amide bonds. The minimum absolute atomic E-state index is 0. The number of fused-ring (bicyclic) bond motifs is 6. The predicted octanol–water partition coefficient (Wildman–Crippen LogP) is 21.2. The first kappa shape index (κ1) is 87.0. The van der Waals surface area contributed by atoms with E-state index in [2.05, 4.69) is 112 Å². The minimum Gasteiger partial charge on any atom is -0.505 e. The van der Waals surface area contributed by atoms with Crippen LogP contribution >= 0.6 is 15.9 Å². The van der Waals surface area contributed by atoms with E-state index in [9.17, 15) is 54.0 Å². The molecule has 1 aliphatic heterocycles. The summed E-state index contributed by atoms with van der Waals surface area (Å²) in [4.78, 5) is 84.7. The third-order valence-corrected chi connectivity index (χ3v) is 22.1. The number of aromatic carboxylic acids is 2. The minimum atomic E-state index is -1.06. The van der Waals surface area contributed by atoms with Crippen molar-refractivity contribution in [1.82, 2.24) is 25.0 Å². The highest BCUT2D eigenvalue weighted by Gasteiger charge is 2.31. The second kappa shape index (κ2) is 37.0. The van der Waals surface area contributed by atoms with Crippen LogP contribution in [0, 0.1) is 13.8 Å². The van der Waals surface area contributed by atoms with Gasteiger partial charge in [0.05, 0.1) is 51.7 Å². The molecule has 7 aliphatic rings. The number of aromatic amines is 2. The number of amides is 3. The molecule has 0 atom stereocenters. The van der Waals surface area contributed by atoms with Crippen LogP contribution in [-0.2, 0) is 91.3 Å². The van der Waals surface area contributed by atoms with Crippen LogP contribution in [0.4, 0.5) is 43.7 Å². The molecule has 0 saturated heterocycles. The summed E-state index contributed by atoms with van der Waals surface area (Å²) in [5.74, 6) is -2.34. The average Bonchev–Trinajstić information content (AvgIpc) is 1.62. The van der Waals surface area contributed by atoms with Crippen molar-refractivity contribution < 1.29 is 55.3 Å². The smallest absolute Gasteiger partial charge is 0.434 e. The number of carboxylic acid groups (broad SMARTS) is 2. The van der Waals surface area contributed by atoms with Gasteiger partial charge in [0.2, 0.25) is 0 Å². The van der Waals surface area contributed by atoms with Crippen molar-refractivity contribution in [1.29, 1.82) is 0 Å². The number of hydrogen-bond donors (Lipinski definition) is 7. The fourth-order valence-corrected chi connectivity index (χ4v) is 14.9. The highest BCUT2D eigenvalue weighted by molar-refractivity contribution is 9.10. The van der Waals surface area contributed by atoms with E-state index >= 15 is 0 Å². The van der Waals surface area contributed by atoms with Gasteiger partial charge < -0.3 is 29.9 Å². The number of aryl methyl sites for hydroxylation is 14. The van der Waals surface area contributed by atoms with Gasteiger partial charge in [0.1, 0.15) is 22.6 Å². The first-order valence-corrected chi connectivity index (χ1v) is 41.1. The maximum absolute atomic E-state index is 13.0. The Morgan fingerprint density at radius 3 is 1.20 bits per heavy atom. The molecule has 12 aromatic rings. The number of nitrogens with zero attached hydrogens (tertiary/aromatic N) is 9. The van der Waals surface area contributed by atoms with Crippen molar-refractivity contribution in [2.75, 3.05) is 10.0 Å². The van der Waals surface area contributed by atoms with E-state index in [-0.39, 0.29) is 71.3 Å². The number of aromatic hydroxyl groups is 2. The van der Waals surface area contributed by atoms with E-state index in [0.717, 1.165) is 72.7 Å². The number of para-hydroxylation sites is 2. The third kappa shape index (κ3) is 20.4. The maximum atomic E-state index is 13.0. The van der Waals surface area contributed by atoms with Crippen molar-refractivity contribution in [2.45, 2.75) is 164 Å². The van der Waals surface area contributed by atoms with Crippen LogP contribution in [0.15, 0.2) is 240 Å². The number of nitrogens with one attached hydrogen (secondary N) is 3. The van der Waals surface area contributed by atoms with Gasteiger partial charge in [0.25, 0.3) is 17.0 Å². The molecule has 0 bridgehead atoms. The number of anilines is 2. The summed E-state index contributed by atoms with van der Waals surface area (Å²) in [6.07, 6.45) is 12.7. The Labute approximate surface area is 721 Å². The van der Waals surface area contributed by atoms with Gasteiger partial charge in [-0.1, -0.05) is 126 Å². The second-order valence-corrected chi connectivity index (χ2v) is 33.5. The van der Waals surface area contributed by atoms with Gasteiger partial charge in [-0.25, -0.2) is 39.0 Å². The van der Waals surface area contributed by atoms with Gasteiger partial charge in [-0.15, -0.1) is 20.5 Å². The van der Waals surface area contributed by atoms with Crippen LogP contribution in [0.2, 0.25) is 0 Å². The molecule has 0 radical (unpaired) electrons. The van der Waals surface area contributed by atoms with E-state index in [1.54, 1.807) is 133 Å². The van der Waals surface area contributed by atoms with Crippen molar-refractivity contribution in [3.05, 3.63) is 315 Å². The number of azo groups is 2. The number of phenols is 2. The lowest BCUT2D eigenvalue weighted by Crippen LogP contribution is -2.50. The highest BCUT2D eigenvalue weighted by atomic mass is 79.9. The van der Waals surface area contributed by atoms with Gasteiger partial charge in [-0.05, 0) is 314 Å². The zero-order chi connectivity index (χ0) is 86.4. The van der Waals surface area contributed by atoms with Crippen molar-refractivity contribution in [2.24, 2.45) is 25.6 Å². The SMILES string of the molecule is Brc1ccc2c(c1)CC2.C.CC(C)(C)OC(=O)NN(C(=O)OC(C)(C)C)c1ccc2c(c1)CC2.CC1=NN(c2ccc3c(c2)CC3)C(=O)C1.Cc1[nH]n(-c2ccc3c(c2)CC3)c(=O)c1N=Nc1cccc(-c2cccc(C(=O)O)c2)c1O.Cc1[nH]n(-c2ccc3c(c2)CC3)c(=O)c1N=Nc1cccc(-c2cccc(C(=O)O)c2)c1O.[HH].c1ccc2c(c1)CC2. The topological polar surface area (TPSA) is 341 Å². The van der Waals surface area contributed by atoms with E-state index in [0.29, 0.717) is 45.7 Å². The van der Waals surface area contributed by atoms with Gasteiger partial charge in [0, 0.05) is 22.7 Å². The molecule has 10 aromatic carbocycles. The van der Waals surface area contributed by atoms with Gasteiger partial charge >= 0.3 is 24.1 Å². The number of carbonyl (C=O) groups excluding carboxylic acids is 3. The summed E-state index contributed by atoms with van der Waals surface area (Å²) in [7, 11) is 0. The van der Waals surface area contributed by atoms with Crippen molar-refractivity contribution in [3.63, 3.8) is 0 Å². The first-order valence-electron chi connectivity index (χ1n) is 40.4. The highest BCUT2D eigenvalue weighted by Crippen LogP contribution is 2.41. The predicted molar refractivity (Wildman–Crippen MR) is 482 cm³/mol. The zero-order valence-electron chi connectivity index (χ0n) is 69.1. The molecule has 632 valence electrons. The molecule has 0 spiro atoms. The number of H-pyrrole nitrogens is 2. The fraction of sp³-hybridized carbons (Fsp3) is 0.258. The lowest BCUT2D eigenvalue weighted by Gasteiger charge is -2.30. The molecular formula is C97H99BrN12O13. The van der Waals surface area contributed by atoms with Crippen LogP contribution in [0.5, 0.6) is 11.5 Å². The molecule has 0 unspecified atom stereocenters. The van der Waals surface area contributed by atoms with Crippen LogP contribution in [0.25, 0.3) is 33.6 Å². The number of ether oxygens (including phenoxy) is 2. The molecule has 6 aliphatic carbocycles. The number of carboxylic acids is 2. The van der Waals surface area contributed by atoms with E-state index in [1.807, 2.05) is 61.5 Å². The molecule has 26 heteroatoms. The maximum Gasteiger partial charge on any atom is 0.434 e. The van der Waals surface area contributed by atoms with Crippen LogP contribution < -0.4 is 26.6 Å². The lowest BCUT2D eigenvalue weighted by atomic mass is 9.88. The van der Waals surface area contributed by atoms with Crippen LogP contribution in [-0.4, -0.2) is 86.9 Å². The number of phenolic OH excluding ortho intramolecular Hbond substituents is 2. The van der Waals surface area contributed by atoms with E-state index < -0.39 is 35.3 Å². The number of rotatable bonds is 12. The van der Waals surface area contributed by atoms with E-state index in [1.165, 1.54) is 131 Å². The molecule has 19 rings (SSSR count). The Morgan fingerprint density at radius 1 is 0.455 bits per heavy atom. The fourth-order valence-electron chi connectivity index (χ4n) is 14.5. The van der Waals surface area contributed by atoms with Crippen molar-refractivity contribution >= 4 is 85.8 Å². The van der Waals surface area contributed by atoms with Crippen molar-refractivity contribution in [3.8, 4) is 45.1 Å². The zero-order valence-corrected chi connectivity index (χ0v) is 70.7. The molecule has 0 saturated carbocycles. The second-order valence-electron chi connectivity index (χ2n) is 32.6. The summed E-state index contributed by atoms with van der Waals surface area (Å²) in [5, 5.41) is 69.3. The standard InChI is InChI=1S/2C25H20N4O4.C18H26N2O4.C12H12N2O.C8H7Br.C8H8.CH4.H2/c2*1-14-22(24(31)29(28-14)19-11-10-15-8-9-16(15)13-19)27-26-21-7-3-6-20(23(21)30)17-4-2-5-18(12-17)25(32)33;1-17(2,3)23-15(21)19-20(16(22)24-18(4,5)6)14-10-9-12-7-8-13(12)11-14;1-8-6-12(15)14(13-8)11-5-4-9-2-3-10(9)7-11;9-8-4-3-6-1-2-7(6)5-8;1-2-4-8-6-5-7(8)3-1;;/h2*2-7,10-13,28,30H,8-9H2,1H3,(H,32,33);9-11H,7-8H2,1-6H3,(H,19,21);4-5,7H,2-3,6H2,1H3;3-5H,1-2H2;1-4H,5-6H2;1H4;1H. The average molecular weight is 1720 g/mol. The van der Waals surface area contributed by atoms with Gasteiger partial charge in [-0.2, -0.15) is 10.1 Å². The van der Waals surface area contributed by atoms with Crippen LogP contribution in [0.1, 0.15) is 163 Å². The molecule has 0 fully saturated rings. The number of benzene rings is 10. The summed E-state index contributed by atoms with van der Waals surface area (Å²) < 4.78 is 14.7. The summed E-state index contributed by atoms with van der Waals surface area (Å²) in [6, 6.07) is 61.1. The first-order chi connectivity index (χ1) is 58.3. The summed E-state index contributed by atoms with van der Waals surface area (Å²) in [6.45, 7) is 16.0.